The molecule has 0 saturated carbocycles. The van der Waals surface area contributed by atoms with Crippen LogP contribution in [0.2, 0.25) is 0 Å². The van der Waals surface area contributed by atoms with Gasteiger partial charge in [0, 0.05) is 29.4 Å². The number of benzene rings is 1. The van der Waals surface area contributed by atoms with Gasteiger partial charge in [-0.25, -0.2) is 4.98 Å². The van der Waals surface area contributed by atoms with Crippen LogP contribution in [0.1, 0.15) is 28.8 Å². The van der Waals surface area contributed by atoms with E-state index in [1.165, 1.54) is 0 Å². The van der Waals surface area contributed by atoms with Crippen LogP contribution in [-0.2, 0) is 0 Å². The molecule has 0 unspecified atom stereocenters. The van der Waals surface area contributed by atoms with Crippen LogP contribution in [0.5, 0.6) is 0 Å². The summed E-state index contributed by atoms with van der Waals surface area (Å²) in [5.74, 6) is 0.819. The van der Waals surface area contributed by atoms with Crippen molar-refractivity contribution in [2.24, 2.45) is 0 Å². The van der Waals surface area contributed by atoms with Crippen molar-refractivity contribution < 1.29 is 4.79 Å². The number of aryl methyl sites for hydroxylation is 1. The molecule has 0 atom stereocenters. The van der Waals surface area contributed by atoms with Crippen LogP contribution < -0.4 is 5.32 Å². The first-order valence-corrected chi connectivity index (χ1v) is 8.21. The van der Waals surface area contributed by atoms with Crippen LogP contribution in [0.4, 0.5) is 11.5 Å². The normalized spacial score (nSPS) is 14.2. The second-order valence-electron chi connectivity index (χ2n) is 5.52. The third-order valence-electron chi connectivity index (χ3n) is 3.85. The summed E-state index contributed by atoms with van der Waals surface area (Å²) in [6.45, 7) is 3.76. The number of nitrogens with zero attached hydrogens (tertiary/aromatic N) is 2. The number of anilines is 2. The van der Waals surface area contributed by atoms with Crippen molar-refractivity contribution in [3.05, 3.63) is 52.1 Å². The number of amides is 1. The average Bonchev–Trinajstić information content (AvgIpc) is 3.04. The minimum atomic E-state index is 0.0800. The van der Waals surface area contributed by atoms with Crippen LogP contribution in [0.25, 0.3) is 0 Å². The van der Waals surface area contributed by atoms with Gasteiger partial charge < -0.3 is 10.2 Å². The van der Waals surface area contributed by atoms with E-state index in [-0.39, 0.29) is 5.91 Å². The van der Waals surface area contributed by atoms with Gasteiger partial charge in [0.15, 0.2) is 0 Å². The first-order chi connectivity index (χ1) is 10.6. The van der Waals surface area contributed by atoms with Crippen molar-refractivity contribution >= 4 is 33.3 Å². The molecule has 4 nitrogen and oxygen atoms in total. The molecule has 114 valence electrons. The molecule has 5 heteroatoms. The zero-order valence-corrected chi connectivity index (χ0v) is 14.1. The highest BCUT2D eigenvalue weighted by Gasteiger charge is 2.19. The molecule has 0 radical (unpaired) electrons. The molecule has 1 aliphatic rings. The minimum Gasteiger partial charge on any atom is -0.340 e. The smallest absolute Gasteiger partial charge is 0.255 e. The lowest BCUT2D eigenvalue weighted by Gasteiger charge is -2.15. The van der Waals surface area contributed by atoms with Crippen LogP contribution in [0, 0.1) is 6.92 Å². The summed E-state index contributed by atoms with van der Waals surface area (Å²) in [7, 11) is 0. The molecule has 0 aliphatic carbocycles. The highest BCUT2D eigenvalue weighted by molar-refractivity contribution is 9.10. The van der Waals surface area contributed by atoms with Gasteiger partial charge >= 0.3 is 0 Å². The number of aromatic nitrogens is 1. The quantitative estimate of drug-likeness (QED) is 0.895. The lowest BCUT2D eigenvalue weighted by molar-refractivity contribution is 0.0792. The molecule has 1 aromatic heterocycles. The molecule has 3 rings (SSSR count). The van der Waals surface area contributed by atoms with Crippen LogP contribution in [-0.4, -0.2) is 28.9 Å². The summed E-state index contributed by atoms with van der Waals surface area (Å²) >= 11 is 3.45. The topological polar surface area (TPSA) is 45.2 Å². The highest BCUT2D eigenvalue weighted by atomic mass is 79.9. The van der Waals surface area contributed by atoms with E-state index in [2.05, 4.69) is 26.2 Å². The second kappa shape index (κ2) is 6.48. The molecule has 1 saturated heterocycles. The lowest BCUT2D eigenvalue weighted by atomic mass is 10.2. The number of nitrogens with one attached hydrogen (secondary N) is 1. The van der Waals surface area contributed by atoms with Crippen molar-refractivity contribution in [2.45, 2.75) is 19.8 Å². The van der Waals surface area contributed by atoms with Crippen molar-refractivity contribution in [2.75, 3.05) is 18.4 Å². The Bertz CT molecular complexity index is 679. The van der Waals surface area contributed by atoms with Gasteiger partial charge in [-0.15, -0.1) is 0 Å². The SMILES string of the molecule is Cc1cc(Br)ccc1Nc1ccc(C(=O)N2CCCC2)cn1. The Morgan fingerprint density at radius 3 is 2.64 bits per heavy atom. The summed E-state index contributed by atoms with van der Waals surface area (Å²) in [4.78, 5) is 18.5. The van der Waals surface area contributed by atoms with Crippen LogP contribution in [0.15, 0.2) is 41.0 Å². The van der Waals surface area contributed by atoms with Gasteiger partial charge in [0.25, 0.3) is 5.91 Å². The first-order valence-electron chi connectivity index (χ1n) is 7.42. The fourth-order valence-corrected chi connectivity index (χ4v) is 3.08. The van der Waals surface area contributed by atoms with Gasteiger partial charge in [-0.3, -0.25) is 4.79 Å². The maximum atomic E-state index is 12.3. The number of carbonyl (C=O) groups excluding carboxylic acids is 1. The molecule has 2 heterocycles. The third-order valence-corrected chi connectivity index (χ3v) is 4.35. The van der Waals surface area contributed by atoms with E-state index in [1.54, 1.807) is 6.20 Å². The van der Waals surface area contributed by atoms with E-state index in [0.717, 1.165) is 47.5 Å². The van der Waals surface area contributed by atoms with E-state index in [1.807, 2.05) is 42.2 Å². The van der Waals surface area contributed by atoms with Gasteiger partial charge in [-0.05, 0) is 55.7 Å². The standard InChI is InChI=1S/C17H18BrN3O/c1-12-10-14(18)5-6-15(12)20-16-7-4-13(11-19-16)17(22)21-8-2-3-9-21/h4-7,10-11H,2-3,8-9H2,1H3,(H,19,20). The zero-order valence-electron chi connectivity index (χ0n) is 12.5. The first kappa shape index (κ1) is 15.0. The molecule has 0 bridgehead atoms. The summed E-state index contributed by atoms with van der Waals surface area (Å²) in [6.07, 6.45) is 3.85. The van der Waals surface area contributed by atoms with Gasteiger partial charge in [0.05, 0.1) is 5.56 Å². The van der Waals surface area contributed by atoms with Crippen LogP contribution >= 0.6 is 15.9 Å². The highest BCUT2D eigenvalue weighted by Crippen LogP contribution is 2.23. The molecule has 1 N–H and O–H groups in total. The number of likely N-dealkylation sites (tertiary alicyclic amines) is 1. The maximum absolute atomic E-state index is 12.3. The molecule has 1 aromatic carbocycles. The number of rotatable bonds is 3. The lowest BCUT2D eigenvalue weighted by Crippen LogP contribution is -2.27. The molecule has 1 fully saturated rings. The van der Waals surface area contributed by atoms with Gasteiger partial charge in [-0.2, -0.15) is 0 Å². The molecule has 22 heavy (non-hydrogen) atoms. The summed E-state index contributed by atoms with van der Waals surface area (Å²) in [5.41, 5.74) is 2.79. The fourth-order valence-electron chi connectivity index (χ4n) is 2.60. The fraction of sp³-hybridized carbons (Fsp3) is 0.294. The Morgan fingerprint density at radius 2 is 2.00 bits per heavy atom. The van der Waals surface area contributed by atoms with Crippen molar-refractivity contribution in [1.29, 1.82) is 0 Å². The Hall–Kier alpha value is -1.88. The van der Waals surface area contributed by atoms with E-state index >= 15 is 0 Å². The van der Waals surface area contributed by atoms with Crippen molar-refractivity contribution in [3.63, 3.8) is 0 Å². The Morgan fingerprint density at radius 1 is 1.23 bits per heavy atom. The van der Waals surface area contributed by atoms with Crippen LogP contribution in [0.3, 0.4) is 0 Å². The predicted octanol–water partition coefficient (Wildman–Crippen LogP) is 4.13. The Labute approximate surface area is 138 Å². The van der Waals surface area contributed by atoms with E-state index < -0.39 is 0 Å². The molecular weight excluding hydrogens is 342 g/mol. The Balaban J connectivity index is 1.72. The third kappa shape index (κ3) is 3.30. The number of carbonyl (C=O) groups is 1. The average molecular weight is 360 g/mol. The number of pyridine rings is 1. The summed E-state index contributed by atoms with van der Waals surface area (Å²) in [5, 5.41) is 3.28. The van der Waals surface area contributed by atoms with E-state index in [0.29, 0.717) is 5.56 Å². The zero-order chi connectivity index (χ0) is 15.5. The van der Waals surface area contributed by atoms with Crippen molar-refractivity contribution in [3.8, 4) is 0 Å². The molecule has 1 amide bonds. The largest absolute Gasteiger partial charge is 0.340 e. The molecule has 0 spiro atoms. The van der Waals surface area contributed by atoms with Gasteiger partial charge in [0.1, 0.15) is 5.82 Å². The van der Waals surface area contributed by atoms with Gasteiger partial charge in [-0.1, -0.05) is 15.9 Å². The Kier molecular flexibility index (Phi) is 4.43. The summed E-state index contributed by atoms with van der Waals surface area (Å²) in [6, 6.07) is 9.73. The van der Waals surface area contributed by atoms with E-state index in [4.69, 9.17) is 0 Å². The molecule has 2 aromatic rings. The van der Waals surface area contributed by atoms with Gasteiger partial charge in [0.2, 0.25) is 0 Å². The number of hydrogen-bond acceptors (Lipinski definition) is 3. The summed E-state index contributed by atoms with van der Waals surface area (Å²) < 4.78 is 1.05. The van der Waals surface area contributed by atoms with E-state index in [9.17, 15) is 4.79 Å². The predicted molar refractivity (Wildman–Crippen MR) is 91.5 cm³/mol. The molecular formula is C17H18BrN3O. The number of halogens is 1. The monoisotopic (exact) mass is 359 g/mol. The second-order valence-corrected chi connectivity index (χ2v) is 6.43. The molecule has 1 aliphatic heterocycles. The number of hydrogen-bond donors (Lipinski definition) is 1. The minimum absolute atomic E-state index is 0.0800. The maximum Gasteiger partial charge on any atom is 0.255 e. The van der Waals surface area contributed by atoms with Crippen molar-refractivity contribution in [1.82, 2.24) is 9.88 Å².